The van der Waals surface area contributed by atoms with Crippen LogP contribution in [0.5, 0.6) is 0 Å². The molecule has 9 heteroatoms. The van der Waals surface area contributed by atoms with E-state index in [0.29, 0.717) is 0 Å². The lowest BCUT2D eigenvalue weighted by Gasteiger charge is -2.51. The average molecular weight is 699 g/mol. The molecule has 0 aliphatic carbocycles. The normalized spacial score (nSPS) is 22.0. The van der Waals surface area contributed by atoms with E-state index in [-0.39, 0.29) is 11.6 Å². The number of esters is 1. The van der Waals surface area contributed by atoms with Crippen molar-refractivity contribution in [3.05, 3.63) is 121 Å². The number of aliphatic hydroxyl groups is 2. The molecular formula is C40H50O7Si2. The van der Waals surface area contributed by atoms with Gasteiger partial charge in [0.25, 0.3) is 16.6 Å². The van der Waals surface area contributed by atoms with Crippen molar-refractivity contribution in [3.63, 3.8) is 0 Å². The van der Waals surface area contributed by atoms with Crippen LogP contribution in [0.25, 0.3) is 0 Å². The van der Waals surface area contributed by atoms with Gasteiger partial charge in [0.05, 0.1) is 6.61 Å². The molecule has 0 aromatic heterocycles. The fourth-order valence-corrected chi connectivity index (χ4v) is 16.7. The monoisotopic (exact) mass is 698 g/mol. The van der Waals surface area contributed by atoms with Gasteiger partial charge in [-0.05, 0) is 30.8 Å². The summed E-state index contributed by atoms with van der Waals surface area (Å²) in [7, 11) is -6.30. The van der Waals surface area contributed by atoms with Gasteiger partial charge in [-0.25, -0.2) is 0 Å². The zero-order chi connectivity index (χ0) is 35.5. The molecular weight excluding hydrogens is 649 g/mol. The van der Waals surface area contributed by atoms with Crippen molar-refractivity contribution in [1.29, 1.82) is 0 Å². The van der Waals surface area contributed by atoms with Crippen LogP contribution in [-0.4, -0.2) is 70.1 Å². The Kier molecular flexibility index (Phi) is 11.1. The predicted octanol–water partition coefficient (Wildman–Crippen LogP) is 4.52. The number of carbonyl (C=O) groups is 1. The summed E-state index contributed by atoms with van der Waals surface area (Å²) in [6, 6.07) is 40.8. The topological polar surface area (TPSA) is 94.5 Å². The third-order valence-electron chi connectivity index (χ3n) is 9.55. The molecule has 0 bridgehead atoms. The Morgan fingerprint density at radius 2 is 1.00 bits per heavy atom. The minimum atomic E-state index is -3.26. The lowest BCUT2D eigenvalue weighted by molar-refractivity contribution is -0.286. The lowest BCUT2D eigenvalue weighted by Crippen LogP contribution is -2.73. The van der Waals surface area contributed by atoms with Gasteiger partial charge in [0.2, 0.25) is 0 Å². The first-order valence-electron chi connectivity index (χ1n) is 16.9. The van der Waals surface area contributed by atoms with Gasteiger partial charge in [0, 0.05) is 6.92 Å². The van der Waals surface area contributed by atoms with E-state index in [1.807, 2.05) is 72.8 Å². The third kappa shape index (κ3) is 7.25. The van der Waals surface area contributed by atoms with Crippen LogP contribution < -0.4 is 20.7 Å². The molecule has 1 aliphatic rings. The number of hydrogen-bond donors (Lipinski definition) is 2. The fraction of sp³-hybridized carbons (Fsp3) is 0.375. The summed E-state index contributed by atoms with van der Waals surface area (Å²) >= 11 is 0. The molecule has 5 rings (SSSR count). The van der Waals surface area contributed by atoms with Gasteiger partial charge >= 0.3 is 5.97 Å². The van der Waals surface area contributed by atoms with E-state index < -0.39 is 58.3 Å². The number of aliphatic hydroxyl groups excluding tert-OH is 2. The zero-order valence-electron chi connectivity index (χ0n) is 29.6. The van der Waals surface area contributed by atoms with E-state index in [1.165, 1.54) is 6.92 Å². The predicted molar refractivity (Wildman–Crippen MR) is 199 cm³/mol. The van der Waals surface area contributed by atoms with Gasteiger partial charge in [-0.3, -0.25) is 4.79 Å². The Hall–Kier alpha value is -3.42. The molecule has 4 aromatic carbocycles. The smallest absolute Gasteiger partial charge is 0.303 e. The number of carbonyl (C=O) groups excluding carboxylic acids is 1. The molecule has 2 N–H and O–H groups in total. The van der Waals surface area contributed by atoms with E-state index in [1.54, 1.807) is 0 Å². The summed E-state index contributed by atoms with van der Waals surface area (Å²) in [5, 5.41) is 26.8. The summed E-state index contributed by atoms with van der Waals surface area (Å²) in [6.45, 7) is 14.3. The number of hydrogen-bond acceptors (Lipinski definition) is 7. The van der Waals surface area contributed by atoms with E-state index in [2.05, 4.69) is 90.1 Å². The summed E-state index contributed by atoms with van der Waals surface area (Å²) < 4.78 is 26.5. The van der Waals surface area contributed by atoms with E-state index in [4.69, 9.17) is 18.3 Å². The van der Waals surface area contributed by atoms with Crippen LogP contribution >= 0.6 is 0 Å². The standard InChI is InChI=1S/C40H50O7Si2/c1-29(41)45-37-35(42)36(47-49(40(5,6)7,32-24-16-10-17-25-32)33-26-18-11-19-27-33)34(46-38(37)43)28-44-48(39(2,3)4,30-20-12-8-13-21-30)31-22-14-9-15-23-31/h8-27,34-38,42-43H,28H2,1-7H3/t34-,35+,36-,37-,38?/m0/s1. The highest BCUT2D eigenvalue weighted by Crippen LogP contribution is 2.41. The third-order valence-corrected chi connectivity index (χ3v) is 19.6. The SMILES string of the molecule is CC(=O)O[C@@H]1C(O)O[C@@H](CO[Si](c2ccccc2)(c2ccccc2)C(C)(C)C)[C@H](O[Si](c2ccccc2)(c2ccccc2)C(C)(C)C)[C@H]1O. The van der Waals surface area contributed by atoms with E-state index in [0.717, 1.165) is 20.7 Å². The van der Waals surface area contributed by atoms with Crippen molar-refractivity contribution in [2.45, 2.75) is 89.2 Å². The Balaban J connectivity index is 1.66. The minimum Gasteiger partial charge on any atom is -0.454 e. The second-order valence-corrected chi connectivity index (χ2v) is 23.4. The molecule has 49 heavy (non-hydrogen) atoms. The van der Waals surface area contributed by atoms with E-state index in [9.17, 15) is 15.0 Å². The van der Waals surface area contributed by atoms with Crippen molar-refractivity contribution in [2.75, 3.05) is 6.61 Å². The second kappa shape index (κ2) is 14.8. The summed E-state index contributed by atoms with van der Waals surface area (Å²) in [5.41, 5.74) is 0. The highest BCUT2D eigenvalue weighted by molar-refractivity contribution is 7.00. The number of ether oxygens (including phenoxy) is 2. The average Bonchev–Trinajstić information content (AvgIpc) is 3.07. The first-order chi connectivity index (χ1) is 23.2. The van der Waals surface area contributed by atoms with Gasteiger partial charge in [-0.2, -0.15) is 0 Å². The van der Waals surface area contributed by atoms with Crippen LogP contribution in [-0.2, 0) is 23.1 Å². The highest BCUT2D eigenvalue weighted by Gasteiger charge is 2.58. The molecule has 0 saturated carbocycles. The molecule has 1 aliphatic heterocycles. The molecule has 7 nitrogen and oxygen atoms in total. The molecule has 0 spiro atoms. The molecule has 1 heterocycles. The maximum atomic E-state index is 12.2. The van der Waals surface area contributed by atoms with E-state index >= 15 is 0 Å². The first kappa shape index (κ1) is 36.9. The summed E-state index contributed by atoms with van der Waals surface area (Å²) in [5.74, 6) is -0.641. The molecule has 0 radical (unpaired) electrons. The van der Waals surface area contributed by atoms with Gasteiger partial charge < -0.3 is 28.5 Å². The van der Waals surface area contributed by atoms with Crippen LogP contribution in [0.4, 0.5) is 0 Å². The first-order valence-corrected chi connectivity index (χ1v) is 20.8. The van der Waals surface area contributed by atoms with Gasteiger partial charge in [-0.1, -0.05) is 163 Å². The summed E-state index contributed by atoms with van der Waals surface area (Å²) in [6.07, 6.45) is -6.31. The molecule has 5 atom stereocenters. The lowest BCUT2D eigenvalue weighted by atomic mass is 9.99. The second-order valence-electron chi connectivity index (χ2n) is 14.8. The zero-order valence-corrected chi connectivity index (χ0v) is 31.6. The minimum absolute atomic E-state index is 0.0110. The van der Waals surface area contributed by atoms with Crippen molar-refractivity contribution < 1.29 is 33.3 Å². The Bertz CT molecular complexity index is 1560. The fourth-order valence-electron chi connectivity index (χ4n) is 7.37. The van der Waals surface area contributed by atoms with Crippen LogP contribution in [0.1, 0.15) is 48.5 Å². The molecule has 4 aromatic rings. The number of rotatable bonds is 10. The summed E-state index contributed by atoms with van der Waals surface area (Å²) in [4.78, 5) is 12.2. The van der Waals surface area contributed by atoms with Crippen LogP contribution in [0.3, 0.4) is 0 Å². The van der Waals surface area contributed by atoms with Crippen molar-refractivity contribution in [2.24, 2.45) is 0 Å². The van der Waals surface area contributed by atoms with Crippen LogP contribution in [0.2, 0.25) is 10.1 Å². The van der Waals surface area contributed by atoms with Crippen molar-refractivity contribution >= 4 is 43.4 Å². The Morgan fingerprint density at radius 1 is 0.633 bits per heavy atom. The van der Waals surface area contributed by atoms with Crippen LogP contribution in [0, 0.1) is 0 Å². The maximum Gasteiger partial charge on any atom is 0.303 e. The Labute approximate surface area is 293 Å². The van der Waals surface area contributed by atoms with Gasteiger partial charge in [-0.15, -0.1) is 0 Å². The van der Waals surface area contributed by atoms with Crippen molar-refractivity contribution in [3.8, 4) is 0 Å². The maximum absolute atomic E-state index is 12.2. The molecule has 0 amide bonds. The van der Waals surface area contributed by atoms with Gasteiger partial charge in [0.15, 0.2) is 12.4 Å². The van der Waals surface area contributed by atoms with Crippen molar-refractivity contribution in [1.82, 2.24) is 0 Å². The molecule has 1 unspecified atom stereocenters. The Morgan fingerprint density at radius 3 is 1.35 bits per heavy atom. The van der Waals surface area contributed by atoms with Crippen LogP contribution in [0.15, 0.2) is 121 Å². The van der Waals surface area contributed by atoms with Gasteiger partial charge in [0.1, 0.15) is 18.3 Å². The molecule has 260 valence electrons. The quantitative estimate of drug-likeness (QED) is 0.186. The largest absolute Gasteiger partial charge is 0.454 e. The number of benzene rings is 4. The molecule has 1 fully saturated rings. The highest BCUT2D eigenvalue weighted by atomic mass is 28.4. The molecule has 1 saturated heterocycles.